The molecule has 1 aromatic carbocycles. The number of nitro groups is 1. The molecule has 120 valence electrons. The van der Waals surface area contributed by atoms with Gasteiger partial charge in [-0.15, -0.1) is 0 Å². The molecule has 1 unspecified atom stereocenters. The number of alkyl halides is 1. The van der Waals surface area contributed by atoms with Gasteiger partial charge in [-0.1, -0.05) is 31.9 Å². The van der Waals surface area contributed by atoms with Gasteiger partial charge in [0.1, 0.15) is 4.83 Å². The molecule has 0 amide bonds. The number of rotatable bonds is 4. The van der Waals surface area contributed by atoms with Crippen molar-refractivity contribution < 1.29 is 19.3 Å². The smallest absolute Gasteiger partial charge is 0.338 e. The van der Waals surface area contributed by atoms with Crippen molar-refractivity contribution in [3.05, 3.63) is 61.8 Å². The highest BCUT2D eigenvalue weighted by atomic mass is 79.9. The van der Waals surface area contributed by atoms with E-state index in [2.05, 4.69) is 37.3 Å². The zero-order valence-electron chi connectivity index (χ0n) is 11.7. The van der Waals surface area contributed by atoms with Gasteiger partial charge in [-0.25, -0.2) is 10.3 Å². The SMILES string of the molecule is CC1=CC(NOC(=O)c2ccc([N+](=O)[O-])cc2)=C(Br)C(Br)C1=O. The van der Waals surface area contributed by atoms with Gasteiger partial charge in [0.05, 0.1) is 16.2 Å². The number of nitrogens with zero attached hydrogens (tertiary/aromatic N) is 1. The van der Waals surface area contributed by atoms with Gasteiger partial charge in [-0.3, -0.25) is 14.9 Å². The number of non-ortho nitro benzene ring substituents is 1. The van der Waals surface area contributed by atoms with Crippen molar-refractivity contribution >= 4 is 49.3 Å². The van der Waals surface area contributed by atoms with Crippen molar-refractivity contribution in [3.63, 3.8) is 0 Å². The van der Waals surface area contributed by atoms with Gasteiger partial charge in [-0.05, 0) is 30.7 Å². The number of ketones is 1. The van der Waals surface area contributed by atoms with Gasteiger partial charge >= 0.3 is 5.97 Å². The minimum Gasteiger partial charge on any atom is -0.338 e. The first-order chi connectivity index (χ1) is 10.8. The van der Waals surface area contributed by atoms with Crippen LogP contribution in [0.1, 0.15) is 17.3 Å². The summed E-state index contributed by atoms with van der Waals surface area (Å²) in [6, 6.07) is 5.02. The Balaban J connectivity index is 2.07. The van der Waals surface area contributed by atoms with E-state index in [9.17, 15) is 19.7 Å². The summed E-state index contributed by atoms with van der Waals surface area (Å²) in [7, 11) is 0. The van der Waals surface area contributed by atoms with Gasteiger partial charge in [-0.2, -0.15) is 0 Å². The molecule has 1 aliphatic rings. The Hall–Kier alpha value is -2.00. The Morgan fingerprint density at radius 1 is 1.35 bits per heavy atom. The first kappa shape index (κ1) is 17.4. The molecule has 0 heterocycles. The van der Waals surface area contributed by atoms with Crippen LogP contribution in [0.2, 0.25) is 0 Å². The summed E-state index contributed by atoms with van der Waals surface area (Å²) < 4.78 is 0.504. The third-order valence-corrected chi connectivity index (χ3v) is 5.40. The Labute approximate surface area is 147 Å². The molecule has 7 nitrogen and oxygen atoms in total. The number of benzene rings is 1. The highest BCUT2D eigenvalue weighted by Gasteiger charge is 2.27. The summed E-state index contributed by atoms with van der Waals surface area (Å²) >= 11 is 6.49. The van der Waals surface area contributed by atoms with Crippen molar-refractivity contribution in [2.45, 2.75) is 11.8 Å². The van der Waals surface area contributed by atoms with E-state index >= 15 is 0 Å². The van der Waals surface area contributed by atoms with Crippen LogP contribution >= 0.6 is 31.9 Å². The fourth-order valence-corrected chi connectivity index (χ4v) is 2.78. The first-order valence-corrected chi connectivity index (χ1v) is 8.00. The van der Waals surface area contributed by atoms with Crippen molar-refractivity contribution in [2.24, 2.45) is 0 Å². The van der Waals surface area contributed by atoms with E-state index < -0.39 is 15.7 Å². The minimum absolute atomic E-state index is 0.0934. The monoisotopic (exact) mass is 444 g/mol. The van der Waals surface area contributed by atoms with E-state index in [0.717, 1.165) is 0 Å². The quantitative estimate of drug-likeness (QED) is 0.434. The number of halogens is 2. The number of carbonyl (C=O) groups excluding carboxylic acids is 2. The highest BCUT2D eigenvalue weighted by molar-refractivity contribution is 9.14. The molecule has 0 aromatic heterocycles. The summed E-state index contributed by atoms with van der Waals surface area (Å²) in [6.45, 7) is 1.65. The Kier molecular flexibility index (Phi) is 5.32. The maximum absolute atomic E-state index is 11.9. The highest BCUT2D eigenvalue weighted by Crippen LogP contribution is 2.30. The Morgan fingerprint density at radius 2 is 1.96 bits per heavy atom. The summed E-state index contributed by atoms with van der Waals surface area (Å²) in [5.74, 6) is -0.800. The molecule has 0 saturated carbocycles. The number of hydroxylamine groups is 1. The van der Waals surface area contributed by atoms with Crippen molar-refractivity contribution in [1.29, 1.82) is 0 Å². The lowest BCUT2D eigenvalue weighted by Gasteiger charge is -2.19. The molecule has 0 fully saturated rings. The van der Waals surface area contributed by atoms with Crippen molar-refractivity contribution in [1.82, 2.24) is 5.48 Å². The second-order valence-corrected chi connectivity index (χ2v) is 6.38. The third kappa shape index (κ3) is 3.85. The van der Waals surface area contributed by atoms with Gasteiger partial charge in [0.2, 0.25) is 0 Å². The zero-order valence-corrected chi connectivity index (χ0v) is 14.9. The summed E-state index contributed by atoms with van der Waals surface area (Å²) in [4.78, 5) is 38.1. The van der Waals surface area contributed by atoms with Crippen LogP contribution in [0.3, 0.4) is 0 Å². The largest absolute Gasteiger partial charge is 0.362 e. The second kappa shape index (κ2) is 7.05. The molecule has 0 bridgehead atoms. The van der Waals surface area contributed by atoms with Gasteiger partial charge < -0.3 is 4.84 Å². The Morgan fingerprint density at radius 3 is 2.52 bits per heavy atom. The van der Waals surface area contributed by atoms with Gasteiger partial charge in [0, 0.05) is 16.6 Å². The molecule has 1 aromatic rings. The molecular formula is C14H10Br2N2O5. The zero-order chi connectivity index (χ0) is 17.1. The van der Waals surface area contributed by atoms with Crippen molar-refractivity contribution in [2.75, 3.05) is 0 Å². The second-order valence-electron chi connectivity index (χ2n) is 4.61. The van der Waals surface area contributed by atoms with Crippen molar-refractivity contribution in [3.8, 4) is 0 Å². The summed E-state index contributed by atoms with van der Waals surface area (Å²) in [5.41, 5.74) is 3.45. The van der Waals surface area contributed by atoms with Crippen LogP contribution < -0.4 is 5.48 Å². The number of allylic oxidation sites excluding steroid dienone is 3. The molecule has 2 rings (SSSR count). The molecule has 1 aliphatic carbocycles. The van der Waals surface area contributed by atoms with Crippen LogP contribution in [0.4, 0.5) is 5.69 Å². The van der Waals surface area contributed by atoms with Gasteiger partial charge in [0.25, 0.3) is 5.69 Å². The molecule has 23 heavy (non-hydrogen) atoms. The number of hydrogen-bond donors (Lipinski definition) is 1. The molecule has 0 spiro atoms. The van der Waals surface area contributed by atoms with E-state index in [1.54, 1.807) is 13.0 Å². The maximum Gasteiger partial charge on any atom is 0.362 e. The van der Waals surface area contributed by atoms with Crippen LogP contribution in [0.25, 0.3) is 0 Å². The predicted octanol–water partition coefficient (Wildman–Crippen LogP) is 3.16. The molecule has 1 N–H and O–H groups in total. The number of nitro benzene ring substituents is 1. The first-order valence-electron chi connectivity index (χ1n) is 6.29. The number of nitrogens with one attached hydrogen (secondary N) is 1. The lowest BCUT2D eigenvalue weighted by molar-refractivity contribution is -0.384. The molecule has 0 aliphatic heterocycles. The maximum atomic E-state index is 11.9. The number of carbonyl (C=O) groups is 2. The van der Waals surface area contributed by atoms with Crippen LogP contribution in [0, 0.1) is 10.1 Å². The fraction of sp³-hybridized carbons (Fsp3) is 0.143. The molecule has 0 radical (unpaired) electrons. The van der Waals surface area contributed by atoms with E-state index in [-0.39, 0.29) is 17.0 Å². The van der Waals surface area contributed by atoms with E-state index in [1.165, 1.54) is 24.3 Å². The Bertz CT molecular complexity index is 740. The van der Waals surface area contributed by atoms with Gasteiger partial charge in [0.15, 0.2) is 5.78 Å². The van der Waals surface area contributed by atoms with Crippen LogP contribution in [0.15, 0.2) is 46.1 Å². The van der Waals surface area contributed by atoms with E-state index in [1.807, 2.05) is 0 Å². The van der Waals surface area contributed by atoms with E-state index in [4.69, 9.17) is 4.84 Å². The summed E-state index contributed by atoms with van der Waals surface area (Å²) in [5, 5.41) is 10.6. The normalized spacial score (nSPS) is 17.6. The molecule has 1 atom stereocenters. The molecule has 9 heteroatoms. The molecule has 0 saturated heterocycles. The van der Waals surface area contributed by atoms with Crippen LogP contribution in [0.5, 0.6) is 0 Å². The lowest BCUT2D eigenvalue weighted by atomic mass is 10.0. The van der Waals surface area contributed by atoms with Crippen LogP contribution in [-0.2, 0) is 9.63 Å². The average Bonchev–Trinajstić information content (AvgIpc) is 2.54. The standard InChI is InChI=1S/C14H10Br2N2O5/c1-7-6-10(11(15)12(16)13(7)19)17-23-14(20)8-2-4-9(5-3-8)18(21)22/h2-6,12,17H,1H3. The molecular weight excluding hydrogens is 436 g/mol. The minimum atomic E-state index is -0.707. The van der Waals surface area contributed by atoms with Crippen LogP contribution in [-0.4, -0.2) is 21.5 Å². The third-order valence-electron chi connectivity index (χ3n) is 3.03. The summed E-state index contributed by atoms with van der Waals surface area (Å²) in [6.07, 6.45) is 1.55. The lowest BCUT2D eigenvalue weighted by Crippen LogP contribution is -2.27. The van der Waals surface area contributed by atoms with E-state index in [0.29, 0.717) is 15.8 Å². The topological polar surface area (TPSA) is 98.5 Å². The number of hydrogen-bond acceptors (Lipinski definition) is 6. The number of Topliss-reactive ketones (excluding diaryl/α,β-unsaturated/α-hetero) is 1. The predicted molar refractivity (Wildman–Crippen MR) is 89.1 cm³/mol. The fourth-order valence-electron chi connectivity index (χ4n) is 1.77. The average molecular weight is 446 g/mol.